The molecule has 0 amide bonds. The first kappa shape index (κ1) is 20.5. The third-order valence-electron chi connectivity index (χ3n) is 4.46. The summed E-state index contributed by atoms with van der Waals surface area (Å²) >= 11 is 3.23. The molecule has 0 radical (unpaired) electrons. The highest BCUT2D eigenvalue weighted by molar-refractivity contribution is 7.98. The fourth-order valence-electron chi connectivity index (χ4n) is 2.89. The number of nitrogens with one attached hydrogen (secondary N) is 1. The first-order valence-electron chi connectivity index (χ1n) is 9.47. The number of rotatable bonds is 9. The number of ether oxygens (including phenoxy) is 1. The van der Waals surface area contributed by atoms with Crippen LogP contribution in [0.3, 0.4) is 0 Å². The van der Waals surface area contributed by atoms with Gasteiger partial charge in [-0.1, -0.05) is 30.0 Å². The van der Waals surface area contributed by atoms with Crippen molar-refractivity contribution in [2.75, 3.05) is 19.0 Å². The zero-order valence-corrected chi connectivity index (χ0v) is 18.4. The summed E-state index contributed by atoms with van der Waals surface area (Å²) < 4.78 is 7.36. The summed E-state index contributed by atoms with van der Waals surface area (Å²) in [4.78, 5) is 8.80. The minimum absolute atomic E-state index is 0.588. The zero-order valence-electron chi connectivity index (χ0n) is 16.8. The molecule has 154 valence electrons. The number of nitrogens with zero attached hydrogens (tertiary/aromatic N) is 5. The summed E-state index contributed by atoms with van der Waals surface area (Å²) in [7, 11) is 1.70. The molecular weight excluding hydrogens is 416 g/mol. The molecule has 0 atom stereocenters. The summed E-state index contributed by atoms with van der Waals surface area (Å²) in [6.07, 6.45) is 3.52. The smallest absolute Gasteiger partial charge is 0.191 e. The van der Waals surface area contributed by atoms with Crippen LogP contribution in [-0.2, 0) is 17.0 Å². The molecule has 4 aromatic rings. The lowest BCUT2D eigenvalue weighted by Crippen LogP contribution is -2.07. The topological polar surface area (TPSA) is 77.8 Å². The van der Waals surface area contributed by atoms with Crippen molar-refractivity contribution >= 4 is 33.9 Å². The van der Waals surface area contributed by atoms with E-state index in [1.54, 1.807) is 42.6 Å². The summed E-state index contributed by atoms with van der Waals surface area (Å²) in [5.74, 6) is 1.53. The second kappa shape index (κ2) is 9.84. The maximum absolute atomic E-state index is 5.28. The van der Waals surface area contributed by atoms with Crippen LogP contribution in [0.4, 0.5) is 10.8 Å². The van der Waals surface area contributed by atoms with Crippen LogP contribution < -0.4 is 5.32 Å². The van der Waals surface area contributed by atoms with Gasteiger partial charge in [-0.05, 0) is 30.7 Å². The van der Waals surface area contributed by atoms with Gasteiger partial charge in [0.1, 0.15) is 0 Å². The van der Waals surface area contributed by atoms with E-state index in [9.17, 15) is 0 Å². The highest BCUT2D eigenvalue weighted by atomic mass is 32.2. The molecule has 3 heterocycles. The lowest BCUT2D eigenvalue weighted by Gasteiger charge is -2.09. The number of para-hydroxylation sites is 1. The van der Waals surface area contributed by atoms with Crippen LogP contribution in [0.15, 0.2) is 59.3 Å². The van der Waals surface area contributed by atoms with Crippen LogP contribution in [0.5, 0.6) is 0 Å². The standard InChI is InChI=1S/C21H22N6OS2/c1-15-5-3-4-6-18(15)24-20-23-17(13-29-20)14-30-21-26-25-19(27(21)11-12-28-2)16-7-9-22-10-8-16/h3-10,13H,11-12,14H2,1-2H3,(H,23,24). The minimum atomic E-state index is 0.588. The molecule has 4 rings (SSSR count). The number of aryl methyl sites for hydroxylation is 1. The number of pyridine rings is 1. The Balaban J connectivity index is 1.47. The van der Waals surface area contributed by atoms with Crippen LogP contribution in [0.25, 0.3) is 11.4 Å². The lowest BCUT2D eigenvalue weighted by molar-refractivity contribution is 0.185. The second-order valence-corrected chi connectivity index (χ2v) is 8.36. The number of hydrogen-bond donors (Lipinski definition) is 1. The molecule has 0 saturated carbocycles. The average molecular weight is 439 g/mol. The predicted octanol–water partition coefficient (Wildman–Crippen LogP) is 4.79. The first-order chi connectivity index (χ1) is 14.7. The zero-order chi connectivity index (χ0) is 20.8. The van der Waals surface area contributed by atoms with E-state index in [1.807, 2.05) is 24.3 Å². The molecule has 0 fully saturated rings. The quantitative estimate of drug-likeness (QED) is 0.377. The van der Waals surface area contributed by atoms with E-state index in [4.69, 9.17) is 9.72 Å². The average Bonchev–Trinajstić information content (AvgIpc) is 3.39. The Labute approximate surface area is 183 Å². The molecule has 7 nitrogen and oxygen atoms in total. The van der Waals surface area contributed by atoms with Gasteiger partial charge in [0.25, 0.3) is 0 Å². The Hall–Kier alpha value is -2.75. The van der Waals surface area contributed by atoms with Gasteiger partial charge < -0.3 is 10.1 Å². The number of thiazole rings is 1. The van der Waals surface area contributed by atoms with Crippen LogP contribution in [0.2, 0.25) is 0 Å². The van der Waals surface area contributed by atoms with Gasteiger partial charge in [0.15, 0.2) is 16.1 Å². The highest BCUT2D eigenvalue weighted by Gasteiger charge is 2.15. The summed E-state index contributed by atoms with van der Waals surface area (Å²) in [6.45, 7) is 3.35. The van der Waals surface area contributed by atoms with Gasteiger partial charge in [0.05, 0.1) is 18.8 Å². The SMILES string of the molecule is COCCn1c(SCc2csc(Nc3ccccc3C)n2)nnc1-c1ccncc1. The van der Waals surface area contributed by atoms with Crippen molar-refractivity contribution in [2.24, 2.45) is 0 Å². The molecular formula is C21H22N6OS2. The van der Waals surface area contributed by atoms with E-state index in [1.165, 1.54) is 5.56 Å². The van der Waals surface area contributed by atoms with E-state index in [0.29, 0.717) is 18.9 Å². The highest BCUT2D eigenvalue weighted by Crippen LogP contribution is 2.29. The van der Waals surface area contributed by atoms with Crippen LogP contribution in [0, 0.1) is 6.92 Å². The molecule has 0 aliphatic heterocycles. The molecule has 0 saturated heterocycles. The number of aromatic nitrogens is 5. The molecule has 0 spiro atoms. The maximum atomic E-state index is 5.28. The van der Waals surface area contributed by atoms with E-state index >= 15 is 0 Å². The van der Waals surface area contributed by atoms with Crippen molar-refractivity contribution in [1.82, 2.24) is 24.7 Å². The predicted molar refractivity (Wildman–Crippen MR) is 121 cm³/mol. The van der Waals surface area contributed by atoms with Crippen molar-refractivity contribution in [2.45, 2.75) is 24.4 Å². The third kappa shape index (κ3) is 4.86. The van der Waals surface area contributed by atoms with Crippen LogP contribution in [-0.4, -0.2) is 38.4 Å². The van der Waals surface area contributed by atoms with Gasteiger partial charge in [0, 0.05) is 41.9 Å². The summed E-state index contributed by atoms with van der Waals surface area (Å²) in [6, 6.07) is 12.1. The largest absolute Gasteiger partial charge is 0.383 e. The van der Waals surface area contributed by atoms with Gasteiger partial charge in [-0.2, -0.15) is 0 Å². The monoisotopic (exact) mass is 438 g/mol. The minimum Gasteiger partial charge on any atom is -0.383 e. The van der Waals surface area contributed by atoms with Crippen molar-refractivity contribution in [3.05, 3.63) is 65.4 Å². The molecule has 1 N–H and O–H groups in total. The van der Waals surface area contributed by atoms with Crippen LogP contribution in [0.1, 0.15) is 11.3 Å². The summed E-state index contributed by atoms with van der Waals surface area (Å²) in [5, 5.41) is 16.0. The van der Waals surface area contributed by atoms with Crippen molar-refractivity contribution in [3.8, 4) is 11.4 Å². The number of thioether (sulfide) groups is 1. The Morgan fingerprint density at radius 3 is 2.77 bits per heavy atom. The number of methoxy groups -OCH3 is 1. The van der Waals surface area contributed by atoms with Gasteiger partial charge in [-0.3, -0.25) is 9.55 Å². The number of benzene rings is 1. The van der Waals surface area contributed by atoms with E-state index in [2.05, 4.69) is 49.5 Å². The molecule has 0 unspecified atom stereocenters. The molecule has 0 aliphatic rings. The first-order valence-corrected chi connectivity index (χ1v) is 11.3. The maximum Gasteiger partial charge on any atom is 0.191 e. The molecule has 3 aromatic heterocycles. The van der Waals surface area contributed by atoms with Crippen LogP contribution >= 0.6 is 23.1 Å². The van der Waals surface area contributed by atoms with Gasteiger partial charge in [-0.15, -0.1) is 21.5 Å². The Bertz CT molecular complexity index is 1100. The van der Waals surface area contributed by atoms with E-state index in [-0.39, 0.29) is 0 Å². The Morgan fingerprint density at radius 1 is 1.13 bits per heavy atom. The van der Waals surface area contributed by atoms with Crippen molar-refractivity contribution in [1.29, 1.82) is 0 Å². The lowest BCUT2D eigenvalue weighted by atomic mass is 10.2. The van der Waals surface area contributed by atoms with Crippen molar-refractivity contribution < 1.29 is 4.74 Å². The van der Waals surface area contributed by atoms with E-state index in [0.717, 1.165) is 33.1 Å². The van der Waals surface area contributed by atoms with Crippen molar-refractivity contribution in [3.63, 3.8) is 0 Å². The normalized spacial score (nSPS) is 11.0. The summed E-state index contributed by atoms with van der Waals surface area (Å²) in [5.41, 5.74) is 4.26. The molecule has 0 bridgehead atoms. The van der Waals surface area contributed by atoms with Gasteiger partial charge in [0.2, 0.25) is 0 Å². The molecule has 0 aliphatic carbocycles. The Kier molecular flexibility index (Phi) is 6.73. The number of anilines is 2. The van der Waals surface area contributed by atoms with E-state index < -0.39 is 0 Å². The molecule has 9 heteroatoms. The molecule has 1 aromatic carbocycles. The Morgan fingerprint density at radius 2 is 1.97 bits per heavy atom. The fourth-order valence-corrected chi connectivity index (χ4v) is 4.58. The number of hydrogen-bond acceptors (Lipinski definition) is 8. The third-order valence-corrected chi connectivity index (χ3v) is 6.27. The fraction of sp³-hybridized carbons (Fsp3) is 0.238. The second-order valence-electron chi connectivity index (χ2n) is 6.56. The van der Waals surface area contributed by atoms with Gasteiger partial charge in [-0.25, -0.2) is 4.98 Å². The molecule has 30 heavy (non-hydrogen) atoms. The van der Waals surface area contributed by atoms with Gasteiger partial charge >= 0.3 is 0 Å².